The minimum atomic E-state index is -3.74. The lowest BCUT2D eigenvalue weighted by atomic mass is 10.2. The van der Waals surface area contributed by atoms with Crippen molar-refractivity contribution in [1.29, 1.82) is 0 Å². The van der Waals surface area contributed by atoms with Crippen LogP contribution in [0.1, 0.15) is 24.5 Å². The van der Waals surface area contributed by atoms with Crippen molar-refractivity contribution in [3.63, 3.8) is 0 Å². The molecule has 0 aliphatic rings. The standard InChI is InChI=1S/C18H21N3O3S/c1-13-8-10-16(11-9-13)25(23,24)21-20-15(3)12-18(22)19-17-7-5-4-6-14(17)2/h4-11,21H,12H2,1-3H3,(H,19,22)/b20-15+. The summed E-state index contributed by atoms with van der Waals surface area (Å²) in [5.41, 5.74) is 3.00. The van der Waals surface area contributed by atoms with Gasteiger partial charge in [-0.25, -0.2) is 4.83 Å². The number of carbonyl (C=O) groups is 1. The highest BCUT2D eigenvalue weighted by Gasteiger charge is 2.13. The van der Waals surface area contributed by atoms with Crippen LogP contribution < -0.4 is 10.1 Å². The van der Waals surface area contributed by atoms with E-state index in [9.17, 15) is 13.2 Å². The van der Waals surface area contributed by atoms with Crippen molar-refractivity contribution in [2.75, 3.05) is 5.32 Å². The van der Waals surface area contributed by atoms with Gasteiger partial charge in [0.25, 0.3) is 10.0 Å². The Hall–Kier alpha value is -2.67. The second-order valence-electron chi connectivity index (χ2n) is 5.79. The first kappa shape index (κ1) is 18.7. The van der Waals surface area contributed by atoms with Gasteiger partial charge in [-0.05, 0) is 44.5 Å². The molecule has 2 aromatic rings. The summed E-state index contributed by atoms with van der Waals surface area (Å²) < 4.78 is 24.3. The molecule has 0 spiro atoms. The minimum absolute atomic E-state index is 0.00917. The number of nitrogens with one attached hydrogen (secondary N) is 2. The molecular weight excluding hydrogens is 338 g/mol. The molecule has 2 N–H and O–H groups in total. The number of aryl methyl sites for hydroxylation is 2. The number of nitrogens with zero attached hydrogens (tertiary/aromatic N) is 1. The van der Waals surface area contributed by atoms with Gasteiger partial charge in [0, 0.05) is 11.4 Å². The van der Waals surface area contributed by atoms with Gasteiger partial charge in [0.2, 0.25) is 5.91 Å². The van der Waals surface area contributed by atoms with Gasteiger partial charge in [-0.3, -0.25) is 4.79 Å². The third-order valence-electron chi connectivity index (χ3n) is 3.52. The molecule has 0 aliphatic carbocycles. The first-order valence-electron chi connectivity index (χ1n) is 7.75. The van der Waals surface area contributed by atoms with Gasteiger partial charge < -0.3 is 5.32 Å². The lowest BCUT2D eigenvalue weighted by Gasteiger charge is -2.08. The summed E-state index contributed by atoms with van der Waals surface area (Å²) in [6, 6.07) is 13.9. The zero-order chi connectivity index (χ0) is 18.4. The monoisotopic (exact) mass is 359 g/mol. The topological polar surface area (TPSA) is 87.6 Å². The van der Waals surface area contributed by atoms with Crippen LogP contribution in [-0.4, -0.2) is 20.0 Å². The number of para-hydroxylation sites is 1. The van der Waals surface area contributed by atoms with E-state index < -0.39 is 10.0 Å². The van der Waals surface area contributed by atoms with E-state index in [-0.39, 0.29) is 17.2 Å². The molecule has 2 rings (SSSR count). The fraction of sp³-hybridized carbons (Fsp3) is 0.222. The van der Waals surface area contributed by atoms with Gasteiger partial charge in [0.15, 0.2) is 0 Å². The molecule has 0 saturated carbocycles. The van der Waals surface area contributed by atoms with Crippen LogP contribution in [0.15, 0.2) is 58.5 Å². The number of carbonyl (C=O) groups excluding carboxylic acids is 1. The average Bonchev–Trinajstić information content (AvgIpc) is 2.55. The molecule has 6 nitrogen and oxygen atoms in total. The van der Waals surface area contributed by atoms with E-state index >= 15 is 0 Å². The Morgan fingerprint density at radius 1 is 1.04 bits per heavy atom. The largest absolute Gasteiger partial charge is 0.326 e. The lowest BCUT2D eigenvalue weighted by molar-refractivity contribution is -0.115. The van der Waals surface area contributed by atoms with E-state index in [4.69, 9.17) is 0 Å². The summed E-state index contributed by atoms with van der Waals surface area (Å²) in [4.78, 5) is 14.3. The van der Waals surface area contributed by atoms with Gasteiger partial charge in [-0.15, -0.1) is 0 Å². The van der Waals surface area contributed by atoms with E-state index in [2.05, 4.69) is 15.2 Å². The number of benzene rings is 2. The maximum Gasteiger partial charge on any atom is 0.276 e. The zero-order valence-electron chi connectivity index (χ0n) is 14.4. The minimum Gasteiger partial charge on any atom is -0.326 e. The normalized spacial score (nSPS) is 11.9. The van der Waals surface area contributed by atoms with Crippen molar-refractivity contribution < 1.29 is 13.2 Å². The van der Waals surface area contributed by atoms with E-state index in [1.807, 2.05) is 32.0 Å². The molecule has 0 bridgehead atoms. The number of hydrogen-bond donors (Lipinski definition) is 2. The van der Waals surface area contributed by atoms with Crippen molar-refractivity contribution in [3.8, 4) is 0 Å². The Labute approximate surface area is 148 Å². The molecule has 0 radical (unpaired) electrons. The molecule has 0 unspecified atom stereocenters. The summed E-state index contributed by atoms with van der Waals surface area (Å²) in [6.07, 6.45) is -0.00917. The quantitative estimate of drug-likeness (QED) is 0.614. The van der Waals surface area contributed by atoms with E-state index in [1.165, 1.54) is 12.1 Å². The molecule has 1 amide bonds. The van der Waals surface area contributed by atoms with Crippen LogP contribution in [0.3, 0.4) is 0 Å². The van der Waals surface area contributed by atoms with Crippen molar-refractivity contribution in [2.45, 2.75) is 32.1 Å². The molecule has 7 heteroatoms. The zero-order valence-corrected chi connectivity index (χ0v) is 15.2. The number of anilines is 1. The molecule has 0 saturated heterocycles. The maximum absolute atomic E-state index is 12.2. The lowest BCUT2D eigenvalue weighted by Crippen LogP contribution is -2.22. The number of amides is 1. The Balaban J connectivity index is 1.98. The number of hydrazone groups is 1. The van der Waals surface area contributed by atoms with Gasteiger partial charge in [0.1, 0.15) is 0 Å². The number of rotatable bonds is 6. The average molecular weight is 359 g/mol. The predicted molar refractivity (Wildman–Crippen MR) is 99.0 cm³/mol. The fourth-order valence-electron chi connectivity index (χ4n) is 2.09. The summed E-state index contributed by atoms with van der Waals surface area (Å²) in [5, 5.41) is 6.60. The summed E-state index contributed by atoms with van der Waals surface area (Å²) in [6.45, 7) is 5.36. The van der Waals surface area contributed by atoms with Gasteiger partial charge >= 0.3 is 0 Å². The van der Waals surface area contributed by atoms with Crippen molar-refractivity contribution >= 4 is 27.3 Å². The highest BCUT2D eigenvalue weighted by atomic mass is 32.2. The molecule has 0 atom stereocenters. The first-order chi connectivity index (χ1) is 11.8. The summed E-state index contributed by atoms with van der Waals surface area (Å²) in [7, 11) is -3.74. The second-order valence-corrected chi connectivity index (χ2v) is 7.46. The molecule has 0 fully saturated rings. The van der Waals surface area contributed by atoms with Crippen molar-refractivity contribution in [1.82, 2.24) is 4.83 Å². The van der Waals surface area contributed by atoms with Gasteiger partial charge in [-0.2, -0.15) is 13.5 Å². The van der Waals surface area contributed by atoms with E-state index in [1.54, 1.807) is 25.1 Å². The highest BCUT2D eigenvalue weighted by Crippen LogP contribution is 2.13. The SMILES string of the molecule is C/C(CC(=O)Nc1ccccc1C)=N\NS(=O)(=O)c1ccc(C)cc1. The van der Waals surface area contributed by atoms with Crippen molar-refractivity contribution in [2.24, 2.45) is 5.10 Å². The number of hydrogen-bond acceptors (Lipinski definition) is 4. The third-order valence-corrected chi connectivity index (χ3v) is 4.75. The smallest absolute Gasteiger partial charge is 0.276 e. The molecule has 0 aliphatic heterocycles. The Bertz CT molecular complexity index is 888. The summed E-state index contributed by atoms with van der Waals surface area (Å²) in [5.74, 6) is -0.259. The van der Waals surface area contributed by atoms with Gasteiger partial charge in [0.05, 0.1) is 11.3 Å². The molecule has 0 heterocycles. The molecule has 25 heavy (non-hydrogen) atoms. The van der Waals surface area contributed by atoms with Crippen LogP contribution >= 0.6 is 0 Å². The highest BCUT2D eigenvalue weighted by molar-refractivity contribution is 7.89. The molecule has 132 valence electrons. The van der Waals surface area contributed by atoms with E-state index in [0.29, 0.717) is 5.71 Å². The molecule has 0 aromatic heterocycles. The maximum atomic E-state index is 12.2. The second kappa shape index (κ2) is 7.94. The molecular formula is C18H21N3O3S. The Kier molecular flexibility index (Phi) is 5.93. The van der Waals surface area contributed by atoms with Crippen molar-refractivity contribution in [3.05, 3.63) is 59.7 Å². The van der Waals surface area contributed by atoms with Crippen LogP contribution in [0.4, 0.5) is 5.69 Å². The van der Waals surface area contributed by atoms with Crippen LogP contribution in [0.5, 0.6) is 0 Å². The Morgan fingerprint density at radius 3 is 2.32 bits per heavy atom. The van der Waals surface area contributed by atoms with Crippen LogP contribution in [-0.2, 0) is 14.8 Å². The van der Waals surface area contributed by atoms with E-state index in [0.717, 1.165) is 16.8 Å². The molecule has 2 aromatic carbocycles. The third kappa shape index (κ3) is 5.42. The van der Waals surface area contributed by atoms with Crippen LogP contribution in [0, 0.1) is 13.8 Å². The van der Waals surface area contributed by atoms with Gasteiger partial charge in [-0.1, -0.05) is 35.9 Å². The predicted octanol–water partition coefficient (Wildman–Crippen LogP) is 2.99. The first-order valence-corrected chi connectivity index (χ1v) is 9.23. The fourth-order valence-corrected chi connectivity index (χ4v) is 2.96. The van der Waals surface area contributed by atoms with Crippen LogP contribution in [0.2, 0.25) is 0 Å². The Morgan fingerprint density at radius 2 is 1.68 bits per heavy atom. The number of sulfonamides is 1. The van der Waals surface area contributed by atoms with Crippen LogP contribution in [0.25, 0.3) is 0 Å². The summed E-state index contributed by atoms with van der Waals surface area (Å²) >= 11 is 0.